The van der Waals surface area contributed by atoms with E-state index in [1.807, 2.05) is 6.20 Å². The number of ketones is 1. The molecule has 1 aromatic carbocycles. The highest BCUT2D eigenvalue weighted by Crippen LogP contribution is 2.33. The Hall–Kier alpha value is -1.59. The molecule has 0 spiro atoms. The molecule has 0 bridgehead atoms. The number of carbonyl (C=O) groups excluding carboxylic acids is 1. The fourth-order valence-corrected chi connectivity index (χ4v) is 3.34. The van der Waals surface area contributed by atoms with Crippen molar-refractivity contribution in [3.8, 4) is 0 Å². The zero-order valence-corrected chi connectivity index (χ0v) is 12.6. The molecule has 0 fully saturated rings. The summed E-state index contributed by atoms with van der Waals surface area (Å²) in [5, 5.41) is 4.16. The van der Waals surface area contributed by atoms with Crippen molar-refractivity contribution in [1.82, 2.24) is 9.78 Å². The quantitative estimate of drug-likeness (QED) is 0.639. The molecule has 0 saturated carbocycles. The van der Waals surface area contributed by atoms with E-state index in [4.69, 9.17) is 11.6 Å². The number of aryl methyl sites for hydroxylation is 1. The number of rotatable bonds is 3. The van der Waals surface area contributed by atoms with Crippen LogP contribution in [0.3, 0.4) is 0 Å². The van der Waals surface area contributed by atoms with Gasteiger partial charge in [0.05, 0.1) is 12.7 Å². The van der Waals surface area contributed by atoms with Crippen LogP contribution in [0.1, 0.15) is 15.9 Å². The van der Waals surface area contributed by atoms with Crippen LogP contribution in [0, 0.1) is 5.82 Å². The van der Waals surface area contributed by atoms with E-state index in [0.717, 1.165) is 10.5 Å². The van der Waals surface area contributed by atoms with Crippen molar-refractivity contribution in [3.05, 3.63) is 53.1 Å². The zero-order chi connectivity index (χ0) is 14.8. The normalized spacial score (nSPS) is 16.3. The Morgan fingerprint density at radius 2 is 2.33 bits per heavy atom. The van der Waals surface area contributed by atoms with E-state index in [0.29, 0.717) is 29.3 Å². The van der Waals surface area contributed by atoms with Crippen LogP contribution < -0.4 is 0 Å². The third kappa shape index (κ3) is 3.04. The van der Waals surface area contributed by atoms with Crippen LogP contribution in [0.5, 0.6) is 0 Å². The molecule has 0 radical (unpaired) electrons. The summed E-state index contributed by atoms with van der Waals surface area (Å²) in [7, 11) is 0. The summed E-state index contributed by atoms with van der Waals surface area (Å²) in [6, 6.07) is 4.33. The van der Waals surface area contributed by atoms with Gasteiger partial charge in [-0.05, 0) is 24.3 Å². The summed E-state index contributed by atoms with van der Waals surface area (Å²) in [6.07, 6.45) is 5.34. The highest BCUT2D eigenvalue weighted by Gasteiger charge is 2.23. The average Bonchev–Trinajstić information content (AvgIpc) is 2.90. The van der Waals surface area contributed by atoms with Gasteiger partial charge in [-0.25, -0.2) is 4.39 Å². The molecule has 1 aliphatic rings. The van der Waals surface area contributed by atoms with Gasteiger partial charge in [-0.2, -0.15) is 5.10 Å². The molecule has 0 aliphatic carbocycles. The van der Waals surface area contributed by atoms with Crippen LogP contribution in [0.2, 0.25) is 0 Å². The molecule has 0 unspecified atom stereocenters. The number of benzene rings is 1. The number of nitrogens with zero attached hydrogens (tertiary/aromatic N) is 2. The van der Waals surface area contributed by atoms with Crippen LogP contribution in [0.15, 0.2) is 41.1 Å². The van der Waals surface area contributed by atoms with Gasteiger partial charge in [0.15, 0.2) is 5.78 Å². The number of hydrogen-bond donors (Lipinski definition) is 0. The van der Waals surface area contributed by atoms with Crippen molar-refractivity contribution >= 4 is 35.2 Å². The Labute approximate surface area is 130 Å². The average molecular weight is 323 g/mol. The number of Topliss-reactive ketones (excluding diaryl/α,β-unsaturated/α-hetero) is 1. The third-order valence-corrected chi connectivity index (χ3v) is 4.46. The maximum absolute atomic E-state index is 13.3. The third-order valence-electron chi connectivity index (χ3n) is 3.17. The van der Waals surface area contributed by atoms with Crippen molar-refractivity contribution in [2.45, 2.75) is 11.4 Å². The smallest absolute Gasteiger partial charge is 0.191 e. The molecule has 21 heavy (non-hydrogen) atoms. The van der Waals surface area contributed by atoms with Gasteiger partial charge in [-0.15, -0.1) is 23.4 Å². The molecule has 108 valence electrons. The van der Waals surface area contributed by atoms with E-state index in [1.165, 1.54) is 12.1 Å². The van der Waals surface area contributed by atoms with Crippen LogP contribution in [0.4, 0.5) is 4.39 Å². The minimum Gasteiger partial charge on any atom is -0.289 e. The summed E-state index contributed by atoms with van der Waals surface area (Å²) in [6.45, 7) is 0.626. The zero-order valence-electron chi connectivity index (χ0n) is 11.1. The lowest BCUT2D eigenvalue weighted by molar-refractivity contribution is 0.103. The van der Waals surface area contributed by atoms with Gasteiger partial charge < -0.3 is 0 Å². The molecule has 1 aromatic heterocycles. The molecule has 0 saturated heterocycles. The molecular weight excluding hydrogens is 311 g/mol. The SMILES string of the molecule is O=C1C(=Cc2cnn(CCCl)c2)CSc2ccc(F)cc21. The van der Waals surface area contributed by atoms with Crippen molar-refractivity contribution < 1.29 is 9.18 Å². The van der Waals surface area contributed by atoms with Crippen LogP contribution in [-0.2, 0) is 6.54 Å². The molecule has 3 rings (SSSR count). The molecule has 0 amide bonds. The van der Waals surface area contributed by atoms with Crippen LogP contribution >= 0.6 is 23.4 Å². The molecule has 0 atom stereocenters. The van der Waals surface area contributed by atoms with E-state index >= 15 is 0 Å². The molecule has 2 heterocycles. The number of alkyl halides is 1. The summed E-state index contributed by atoms with van der Waals surface area (Å²) < 4.78 is 15.0. The van der Waals surface area contributed by atoms with Gasteiger partial charge in [0.1, 0.15) is 5.82 Å². The van der Waals surface area contributed by atoms with Gasteiger partial charge in [0.25, 0.3) is 0 Å². The fraction of sp³-hybridized carbons (Fsp3) is 0.200. The minimum absolute atomic E-state index is 0.117. The first-order chi connectivity index (χ1) is 10.2. The van der Waals surface area contributed by atoms with Gasteiger partial charge >= 0.3 is 0 Å². The van der Waals surface area contributed by atoms with Gasteiger partial charge in [-0.1, -0.05) is 0 Å². The first-order valence-electron chi connectivity index (χ1n) is 6.43. The van der Waals surface area contributed by atoms with E-state index in [2.05, 4.69) is 5.10 Å². The molecule has 1 aliphatic heterocycles. The number of halogens is 2. The van der Waals surface area contributed by atoms with Gasteiger partial charge in [0.2, 0.25) is 0 Å². The lowest BCUT2D eigenvalue weighted by Gasteiger charge is -2.16. The van der Waals surface area contributed by atoms with E-state index < -0.39 is 0 Å². The first kappa shape index (κ1) is 14.4. The van der Waals surface area contributed by atoms with Gasteiger partial charge in [-0.3, -0.25) is 9.48 Å². The fourth-order valence-electron chi connectivity index (χ4n) is 2.17. The second kappa shape index (κ2) is 6.03. The van der Waals surface area contributed by atoms with Crippen LogP contribution in [0.25, 0.3) is 6.08 Å². The lowest BCUT2D eigenvalue weighted by atomic mass is 10.0. The Kier molecular flexibility index (Phi) is 4.12. The maximum Gasteiger partial charge on any atom is 0.191 e. The number of aromatic nitrogens is 2. The van der Waals surface area contributed by atoms with Crippen molar-refractivity contribution in [1.29, 1.82) is 0 Å². The number of thioether (sulfide) groups is 1. The summed E-state index contributed by atoms with van der Waals surface area (Å²) >= 11 is 7.20. The molecule has 2 aromatic rings. The lowest BCUT2D eigenvalue weighted by Crippen LogP contribution is -2.12. The first-order valence-corrected chi connectivity index (χ1v) is 7.95. The van der Waals surface area contributed by atoms with Crippen molar-refractivity contribution in [2.24, 2.45) is 0 Å². The number of hydrogen-bond acceptors (Lipinski definition) is 3. The second-order valence-corrected chi connectivity index (χ2v) is 6.05. The highest BCUT2D eigenvalue weighted by molar-refractivity contribution is 7.99. The predicted molar refractivity (Wildman–Crippen MR) is 82.4 cm³/mol. The topological polar surface area (TPSA) is 34.9 Å². The van der Waals surface area contributed by atoms with E-state index in [1.54, 1.807) is 34.8 Å². The monoisotopic (exact) mass is 322 g/mol. The standard InChI is InChI=1S/C15H12ClFN2OS/c16-3-4-19-8-10(7-18-19)5-11-9-21-14-2-1-12(17)6-13(14)15(11)20/h1-2,5-8H,3-4,9H2. The Morgan fingerprint density at radius 3 is 3.14 bits per heavy atom. The number of fused-ring (bicyclic) bond motifs is 1. The summed E-state index contributed by atoms with van der Waals surface area (Å²) in [5.41, 5.74) is 1.94. The summed E-state index contributed by atoms with van der Waals surface area (Å²) in [4.78, 5) is 13.2. The Bertz CT molecular complexity index is 726. The van der Waals surface area contributed by atoms with Crippen molar-refractivity contribution in [3.63, 3.8) is 0 Å². The number of carbonyl (C=O) groups is 1. The van der Waals surface area contributed by atoms with E-state index in [-0.39, 0.29) is 11.6 Å². The second-order valence-electron chi connectivity index (χ2n) is 4.65. The molecule has 6 heteroatoms. The minimum atomic E-state index is -0.390. The molecule has 3 nitrogen and oxygen atoms in total. The van der Waals surface area contributed by atoms with E-state index in [9.17, 15) is 9.18 Å². The predicted octanol–water partition coefficient (Wildman–Crippen LogP) is 3.63. The summed E-state index contributed by atoms with van der Waals surface area (Å²) in [5.74, 6) is 0.560. The van der Waals surface area contributed by atoms with Gasteiger partial charge in [0, 0.05) is 39.4 Å². The molecule has 0 N–H and O–H groups in total. The molecular formula is C15H12ClFN2OS. The Morgan fingerprint density at radius 1 is 1.48 bits per heavy atom. The maximum atomic E-state index is 13.3. The highest BCUT2D eigenvalue weighted by atomic mass is 35.5. The Balaban J connectivity index is 1.89. The van der Waals surface area contributed by atoms with Crippen molar-refractivity contribution in [2.75, 3.05) is 11.6 Å². The largest absolute Gasteiger partial charge is 0.289 e. The van der Waals surface area contributed by atoms with Crippen LogP contribution in [-0.4, -0.2) is 27.2 Å².